The van der Waals surface area contributed by atoms with Crippen molar-refractivity contribution in [3.8, 4) is 5.75 Å². The fourth-order valence-corrected chi connectivity index (χ4v) is 2.11. The lowest BCUT2D eigenvalue weighted by Gasteiger charge is -2.09. The summed E-state index contributed by atoms with van der Waals surface area (Å²) in [4.78, 5) is 0. The normalized spacial score (nSPS) is 11.0. The Morgan fingerprint density at radius 2 is 1.89 bits per heavy atom. The minimum atomic E-state index is 0.601. The summed E-state index contributed by atoms with van der Waals surface area (Å²) in [5.74, 6) is 0.974. The highest BCUT2D eigenvalue weighted by Crippen LogP contribution is 2.21. The summed E-state index contributed by atoms with van der Waals surface area (Å²) < 4.78 is 6.89. The first-order valence-corrected chi connectivity index (χ1v) is 8.01. The predicted octanol–water partition coefficient (Wildman–Crippen LogP) is 4.69. The van der Waals surface area contributed by atoms with Crippen LogP contribution in [-0.2, 0) is 0 Å². The third kappa shape index (κ3) is 7.58. The molecule has 0 aliphatic rings. The number of nitrogens with one attached hydrogen (secondary N) is 1. The van der Waals surface area contributed by atoms with Crippen LogP contribution < -0.4 is 10.1 Å². The molecular formula is C16H26BrNO. The standard InChI is InChI=1S/C16H26BrNO/c1-13(2)18-10-6-4-5-7-11-19-15-8-9-16(17)14(3)12-15/h8-9,12-13,18H,4-7,10-11H2,1-3H3. The summed E-state index contributed by atoms with van der Waals surface area (Å²) >= 11 is 3.50. The van der Waals surface area contributed by atoms with Crippen LogP contribution >= 0.6 is 15.9 Å². The van der Waals surface area contributed by atoms with E-state index < -0.39 is 0 Å². The lowest BCUT2D eigenvalue weighted by molar-refractivity contribution is 0.304. The highest BCUT2D eigenvalue weighted by molar-refractivity contribution is 9.10. The Hall–Kier alpha value is -0.540. The molecule has 0 heterocycles. The lowest BCUT2D eigenvalue weighted by Crippen LogP contribution is -2.23. The fraction of sp³-hybridized carbons (Fsp3) is 0.625. The molecule has 1 aromatic carbocycles. The number of unbranched alkanes of at least 4 members (excludes halogenated alkanes) is 3. The maximum atomic E-state index is 5.75. The summed E-state index contributed by atoms with van der Waals surface area (Å²) in [5, 5.41) is 3.44. The van der Waals surface area contributed by atoms with Crippen molar-refractivity contribution in [2.24, 2.45) is 0 Å². The Morgan fingerprint density at radius 3 is 2.58 bits per heavy atom. The molecule has 108 valence electrons. The van der Waals surface area contributed by atoms with Crippen LogP contribution in [0.3, 0.4) is 0 Å². The van der Waals surface area contributed by atoms with Gasteiger partial charge in [-0.25, -0.2) is 0 Å². The molecule has 0 saturated carbocycles. The van der Waals surface area contributed by atoms with Crippen molar-refractivity contribution in [1.82, 2.24) is 5.32 Å². The van der Waals surface area contributed by atoms with Crippen LogP contribution in [0.1, 0.15) is 45.1 Å². The Balaban J connectivity index is 2.03. The van der Waals surface area contributed by atoms with Gasteiger partial charge in [0.25, 0.3) is 0 Å². The third-order valence-electron chi connectivity index (χ3n) is 3.02. The molecule has 0 amide bonds. The largest absolute Gasteiger partial charge is 0.494 e. The molecule has 19 heavy (non-hydrogen) atoms. The second-order valence-electron chi connectivity index (χ2n) is 5.28. The summed E-state index contributed by atoms with van der Waals surface area (Å²) in [7, 11) is 0. The average molecular weight is 328 g/mol. The molecule has 0 aromatic heterocycles. The molecule has 1 aromatic rings. The first-order chi connectivity index (χ1) is 9.09. The van der Waals surface area contributed by atoms with E-state index in [-0.39, 0.29) is 0 Å². The lowest BCUT2D eigenvalue weighted by atomic mass is 10.2. The van der Waals surface area contributed by atoms with E-state index in [0.717, 1.165) is 29.8 Å². The Morgan fingerprint density at radius 1 is 1.16 bits per heavy atom. The minimum Gasteiger partial charge on any atom is -0.494 e. The molecule has 0 atom stereocenters. The molecule has 2 nitrogen and oxygen atoms in total. The van der Waals surface area contributed by atoms with Crippen LogP contribution in [0, 0.1) is 6.92 Å². The van der Waals surface area contributed by atoms with Crippen molar-refractivity contribution >= 4 is 15.9 Å². The number of hydrogen-bond donors (Lipinski definition) is 1. The zero-order valence-electron chi connectivity index (χ0n) is 12.3. The second-order valence-corrected chi connectivity index (χ2v) is 6.14. The van der Waals surface area contributed by atoms with Gasteiger partial charge in [-0.1, -0.05) is 42.6 Å². The van der Waals surface area contributed by atoms with Crippen LogP contribution in [0.25, 0.3) is 0 Å². The molecule has 0 unspecified atom stereocenters. The minimum absolute atomic E-state index is 0.601. The number of ether oxygens (including phenoxy) is 1. The molecule has 0 saturated heterocycles. The average Bonchev–Trinajstić information content (AvgIpc) is 2.36. The fourth-order valence-electron chi connectivity index (χ4n) is 1.87. The number of aryl methyl sites for hydroxylation is 1. The van der Waals surface area contributed by atoms with Crippen molar-refractivity contribution in [1.29, 1.82) is 0 Å². The number of rotatable bonds is 9. The van der Waals surface area contributed by atoms with E-state index in [4.69, 9.17) is 4.74 Å². The summed E-state index contributed by atoms with van der Waals surface area (Å²) in [6.07, 6.45) is 4.92. The van der Waals surface area contributed by atoms with Gasteiger partial charge in [0.2, 0.25) is 0 Å². The van der Waals surface area contributed by atoms with E-state index >= 15 is 0 Å². The van der Waals surface area contributed by atoms with E-state index in [1.54, 1.807) is 0 Å². The van der Waals surface area contributed by atoms with Crippen molar-refractivity contribution in [2.45, 2.75) is 52.5 Å². The summed E-state index contributed by atoms with van der Waals surface area (Å²) in [6, 6.07) is 6.74. The quantitative estimate of drug-likeness (QED) is 0.664. The molecule has 1 N–H and O–H groups in total. The van der Waals surface area contributed by atoms with E-state index in [0.29, 0.717) is 6.04 Å². The maximum absolute atomic E-state index is 5.75. The van der Waals surface area contributed by atoms with Gasteiger partial charge in [-0.05, 0) is 50.1 Å². The summed E-state index contributed by atoms with van der Waals surface area (Å²) in [6.45, 7) is 8.41. The zero-order chi connectivity index (χ0) is 14.1. The molecule has 0 radical (unpaired) electrons. The number of hydrogen-bond acceptors (Lipinski definition) is 2. The zero-order valence-corrected chi connectivity index (χ0v) is 13.9. The topological polar surface area (TPSA) is 21.3 Å². The third-order valence-corrected chi connectivity index (χ3v) is 3.91. The molecule has 0 fully saturated rings. The van der Waals surface area contributed by atoms with Crippen LogP contribution in [0.2, 0.25) is 0 Å². The van der Waals surface area contributed by atoms with Crippen molar-refractivity contribution in [3.05, 3.63) is 28.2 Å². The molecule has 1 rings (SSSR count). The predicted molar refractivity (Wildman–Crippen MR) is 86.0 cm³/mol. The van der Waals surface area contributed by atoms with Crippen molar-refractivity contribution in [3.63, 3.8) is 0 Å². The van der Waals surface area contributed by atoms with E-state index in [1.807, 2.05) is 12.1 Å². The van der Waals surface area contributed by atoms with Crippen molar-refractivity contribution in [2.75, 3.05) is 13.2 Å². The van der Waals surface area contributed by atoms with Crippen LogP contribution in [0.4, 0.5) is 0 Å². The molecule has 0 aliphatic heterocycles. The van der Waals surface area contributed by atoms with E-state index in [1.165, 1.54) is 24.8 Å². The Bertz CT molecular complexity index is 366. The first-order valence-electron chi connectivity index (χ1n) is 7.22. The van der Waals surface area contributed by atoms with Gasteiger partial charge < -0.3 is 10.1 Å². The van der Waals surface area contributed by atoms with Gasteiger partial charge in [0.05, 0.1) is 6.61 Å². The van der Waals surface area contributed by atoms with E-state index in [2.05, 4.69) is 48.1 Å². The smallest absolute Gasteiger partial charge is 0.119 e. The van der Waals surface area contributed by atoms with Gasteiger partial charge in [0.15, 0.2) is 0 Å². The number of halogens is 1. The van der Waals surface area contributed by atoms with Crippen LogP contribution in [0.15, 0.2) is 22.7 Å². The van der Waals surface area contributed by atoms with Crippen molar-refractivity contribution < 1.29 is 4.74 Å². The van der Waals surface area contributed by atoms with Crippen LogP contribution in [-0.4, -0.2) is 19.2 Å². The summed E-state index contributed by atoms with van der Waals surface area (Å²) in [5.41, 5.74) is 1.22. The van der Waals surface area contributed by atoms with Gasteiger partial charge in [-0.2, -0.15) is 0 Å². The number of benzene rings is 1. The highest BCUT2D eigenvalue weighted by Gasteiger charge is 1.98. The SMILES string of the molecule is Cc1cc(OCCCCCCNC(C)C)ccc1Br. The van der Waals surface area contributed by atoms with Gasteiger partial charge in [-0.3, -0.25) is 0 Å². The first kappa shape index (κ1) is 16.5. The maximum Gasteiger partial charge on any atom is 0.119 e. The van der Waals surface area contributed by atoms with E-state index in [9.17, 15) is 0 Å². The molecule has 0 aliphatic carbocycles. The molecule has 0 bridgehead atoms. The molecule has 0 spiro atoms. The Kier molecular flexibility index (Phi) is 8.15. The van der Waals surface area contributed by atoms with Gasteiger partial charge in [0.1, 0.15) is 5.75 Å². The van der Waals surface area contributed by atoms with Gasteiger partial charge >= 0.3 is 0 Å². The Labute approximate surface area is 126 Å². The van der Waals surface area contributed by atoms with Crippen LogP contribution in [0.5, 0.6) is 5.75 Å². The highest BCUT2D eigenvalue weighted by atomic mass is 79.9. The second kappa shape index (κ2) is 9.38. The monoisotopic (exact) mass is 327 g/mol. The van der Waals surface area contributed by atoms with Gasteiger partial charge in [-0.15, -0.1) is 0 Å². The molecular weight excluding hydrogens is 302 g/mol. The molecule has 3 heteroatoms. The van der Waals surface area contributed by atoms with Gasteiger partial charge in [0, 0.05) is 10.5 Å².